The predicted molar refractivity (Wildman–Crippen MR) is 61.3 cm³/mol. The fourth-order valence-corrected chi connectivity index (χ4v) is 2.02. The van der Waals surface area contributed by atoms with E-state index in [1.165, 1.54) is 5.56 Å². The molecule has 0 atom stereocenters. The van der Waals surface area contributed by atoms with Crippen LogP contribution in [0, 0.1) is 0 Å². The number of carbonyl (C=O) groups excluding carboxylic acids is 1. The maximum atomic E-state index is 10.9. The minimum atomic E-state index is 0.676. The van der Waals surface area contributed by atoms with Gasteiger partial charge in [-0.2, -0.15) is 0 Å². The van der Waals surface area contributed by atoms with Crippen LogP contribution in [-0.4, -0.2) is 20.5 Å². The topological polar surface area (TPSA) is 35.5 Å². The average Bonchev–Trinajstić information content (AvgIpc) is 2.36. The molecule has 0 fully saturated rings. The average molecular weight is 218 g/mol. The molecule has 0 saturated carbocycles. The summed E-state index contributed by atoms with van der Waals surface area (Å²) < 4.78 is 10.5. The van der Waals surface area contributed by atoms with Gasteiger partial charge in [-0.1, -0.05) is 6.07 Å². The van der Waals surface area contributed by atoms with E-state index in [1.54, 1.807) is 14.2 Å². The summed E-state index contributed by atoms with van der Waals surface area (Å²) in [6.45, 7) is 0. The lowest BCUT2D eigenvalue weighted by atomic mass is 9.91. The van der Waals surface area contributed by atoms with Gasteiger partial charge in [0.05, 0.1) is 14.2 Å². The minimum absolute atomic E-state index is 0.676. The first-order valence-electron chi connectivity index (χ1n) is 5.19. The second kappa shape index (κ2) is 4.39. The highest BCUT2D eigenvalue weighted by Gasteiger charge is 2.19. The Balaban J connectivity index is 2.56. The number of carbonyl (C=O) groups is 1. The molecule has 0 bridgehead atoms. The van der Waals surface area contributed by atoms with Crippen LogP contribution in [0.5, 0.6) is 5.75 Å². The van der Waals surface area contributed by atoms with Crippen molar-refractivity contribution in [2.24, 2.45) is 0 Å². The first-order chi connectivity index (χ1) is 7.80. The molecule has 0 amide bonds. The van der Waals surface area contributed by atoms with Gasteiger partial charge >= 0.3 is 0 Å². The Morgan fingerprint density at radius 1 is 1.19 bits per heavy atom. The number of fused-ring (bicyclic) bond motifs is 1. The monoisotopic (exact) mass is 218 g/mol. The van der Waals surface area contributed by atoms with Gasteiger partial charge in [-0.15, -0.1) is 0 Å². The molecule has 1 aliphatic rings. The van der Waals surface area contributed by atoms with E-state index >= 15 is 0 Å². The van der Waals surface area contributed by atoms with E-state index in [2.05, 4.69) is 0 Å². The summed E-state index contributed by atoms with van der Waals surface area (Å²) in [6, 6.07) is 5.86. The predicted octanol–water partition coefficient (Wildman–Crippen LogP) is 2.20. The lowest BCUT2D eigenvalue weighted by Gasteiger charge is -2.20. The van der Waals surface area contributed by atoms with Crippen molar-refractivity contribution in [1.82, 2.24) is 0 Å². The van der Waals surface area contributed by atoms with E-state index in [4.69, 9.17) is 9.47 Å². The van der Waals surface area contributed by atoms with Crippen LogP contribution in [0.4, 0.5) is 0 Å². The van der Waals surface area contributed by atoms with Gasteiger partial charge in [0.15, 0.2) is 0 Å². The fourth-order valence-electron chi connectivity index (χ4n) is 2.02. The smallest absolute Gasteiger partial charge is 0.149 e. The van der Waals surface area contributed by atoms with E-state index in [0.717, 1.165) is 36.0 Å². The van der Waals surface area contributed by atoms with Crippen molar-refractivity contribution < 1.29 is 14.3 Å². The quantitative estimate of drug-likeness (QED) is 0.729. The maximum absolute atomic E-state index is 10.9. The van der Waals surface area contributed by atoms with E-state index in [9.17, 15) is 4.79 Å². The lowest BCUT2D eigenvalue weighted by molar-refractivity contribution is -0.105. The summed E-state index contributed by atoms with van der Waals surface area (Å²) in [6.07, 6.45) is 2.49. The van der Waals surface area contributed by atoms with Gasteiger partial charge in [-0.05, 0) is 30.5 Å². The molecular formula is C13H14O3. The largest absolute Gasteiger partial charge is 0.497 e. The molecule has 16 heavy (non-hydrogen) atoms. The Hall–Kier alpha value is -1.77. The Morgan fingerprint density at radius 3 is 2.62 bits per heavy atom. The van der Waals surface area contributed by atoms with Crippen molar-refractivity contribution in [2.45, 2.75) is 12.8 Å². The van der Waals surface area contributed by atoms with Crippen LogP contribution in [0.2, 0.25) is 0 Å². The second-order valence-electron chi connectivity index (χ2n) is 3.70. The summed E-state index contributed by atoms with van der Waals surface area (Å²) in [5.41, 5.74) is 2.89. The highest BCUT2D eigenvalue weighted by atomic mass is 16.5. The summed E-state index contributed by atoms with van der Waals surface area (Å²) in [5, 5.41) is 0. The summed E-state index contributed by atoms with van der Waals surface area (Å²) in [5.74, 6) is 1.45. The van der Waals surface area contributed by atoms with Crippen molar-refractivity contribution in [1.29, 1.82) is 0 Å². The first-order valence-corrected chi connectivity index (χ1v) is 5.19. The van der Waals surface area contributed by atoms with Gasteiger partial charge in [0.2, 0.25) is 0 Å². The zero-order valence-corrected chi connectivity index (χ0v) is 9.45. The third-order valence-electron chi connectivity index (χ3n) is 2.86. The zero-order valence-electron chi connectivity index (χ0n) is 9.45. The van der Waals surface area contributed by atoms with Crippen molar-refractivity contribution in [2.75, 3.05) is 14.2 Å². The molecule has 0 aromatic heterocycles. The number of rotatable bonds is 3. The van der Waals surface area contributed by atoms with Gasteiger partial charge in [0.1, 0.15) is 17.8 Å². The molecule has 1 aromatic carbocycles. The third-order valence-corrected chi connectivity index (χ3v) is 2.86. The molecule has 0 spiro atoms. The van der Waals surface area contributed by atoms with Crippen LogP contribution in [0.3, 0.4) is 0 Å². The number of ether oxygens (including phenoxy) is 2. The second-order valence-corrected chi connectivity index (χ2v) is 3.70. The van der Waals surface area contributed by atoms with Crippen LogP contribution >= 0.6 is 0 Å². The summed E-state index contributed by atoms with van der Waals surface area (Å²) in [7, 11) is 3.22. The molecule has 0 heterocycles. The van der Waals surface area contributed by atoms with Crippen LogP contribution in [0.1, 0.15) is 17.5 Å². The van der Waals surface area contributed by atoms with Crippen molar-refractivity contribution >= 4 is 12.0 Å². The van der Waals surface area contributed by atoms with E-state index in [1.807, 2.05) is 18.2 Å². The molecule has 3 heteroatoms. The minimum Gasteiger partial charge on any atom is -0.497 e. The summed E-state index contributed by atoms with van der Waals surface area (Å²) >= 11 is 0. The Kier molecular flexibility index (Phi) is 2.95. The van der Waals surface area contributed by atoms with E-state index in [0.29, 0.717) is 5.76 Å². The van der Waals surface area contributed by atoms with Gasteiger partial charge in [-0.25, -0.2) is 0 Å². The molecule has 0 radical (unpaired) electrons. The van der Waals surface area contributed by atoms with Gasteiger partial charge in [-0.3, -0.25) is 4.79 Å². The molecule has 84 valence electrons. The Morgan fingerprint density at radius 2 is 2.00 bits per heavy atom. The van der Waals surface area contributed by atoms with Crippen molar-refractivity contribution in [3.63, 3.8) is 0 Å². The standard InChI is InChI=1S/C13H14O3/c1-15-11-6-5-9-3-4-10(8-14)13(16-2)12(9)7-11/h5-8H,3-4H2,1-2H3. The molecule has 1 aliphatic carbocycles. The van der Waals surface area contributed by atoms with Gasteiger partial charge in [0, 0.05) is 11.1 Å². The molecule has 2 rings (SSSR count). The third kappa shape index (κ3) is 1.69. The number of aryl methyl sites for hydroxylation is 1. The molecular weight excluding hydrogens is 204 g/mol. The molecule has 0 saturated heterocycles. The van der Waals surface area contributed by atoms with Crippen LogP contribution in [0.15, 0.2) is 23.8 Å². The zero-order chi connectivity index (χ0) is 11.5. The number of benzene rings is 1. The molecule has 0 unspecified atom stereocenters. The Bertz CT molecular complexity index is 446. The van der Waals surface area contributed by atoms with Crippen LogP contribution in [-0.2, 0) is 16.0 Å². The van der Waals surface area contributed by atoms with Gasteiger partial charge in [0.25, 0.3) is 0 Å². The number of allylic oxidation sites excluding steroid dienone is 1. The van der Waals surface area contributed by atoms with E-state index in [-0.39, 0.29) is 0 Å². The fraction of sp³-hybridized carbons (Fsp3) is 0.308. The Labute approximate surface area is 94.7 Å². The highest BCUT2D eigenvalue weighted by Crippen LogP contribution is 2.33. The lowest BCUT2D eigenvalue weighted by Crippen LogP contribution is -2.07. The highest BCUT2D eigenvalue weighted by molar-refractivity contribution is 5.88. The van der Waals surface area contributed by atoms with Crippen LogP contribution in [0.25, 0.3) is 5.76 Å². The molecule has 0 aliphatic heterocycles. The normalized spacial score (nSPS) is 14.4. The maximum Gasteiger partial charge on any atom is 0.149 e. The molecule has 3 nitrogen and oxygen atoms in total. The van der Waals surface area contributed by atoms with Gasteiger partial charge < -0.3 is 9.47 Å². The first kappa shape index (κ1) is 10.7. The SMILES string of the molecule is COC1=C(C=O)CCc2ccc(OC)cc21. The summed E-state index contributed by atoms with van der Waals surface area (Å²) in [4.78, 5) is 10.9. The number of methoxy groups -OCH3 is 2. The van der Waals surface area contributed by atoms with Crippen molar-refractivity contribution in [3.8, 4) is 5.75 Å². The van der Waals surface area contributed by atoms with E-state index < -0.39 is 0 Å². The number of hydrogen-bond acceptors (Lipinski definition) is 3. The van der Waals surface area contributed by atoms with Crippen molar-refractivity contribution in [3.05, 3.63) is 34.9 Å². The number of aldehydes is 1. The van der Waals surface area contributed by atoms with Crippen LogP contribution < -0.4 is 4.74 Å². The molecule has 0 N–H and O–H groups in total. The molecule has 1 aromatic rings. The number of hydrogen-bond donors (Lipinski definition) is 0.